The molecule has 0 spiro atoms. The Kier molecular flexibility index (Phi) is 5.81. The molecule has 2 nitrogen and oxygen atoms in total. The van der Waals surface area contributed by atoms with Crippen molar-refractivity contribution in [3.63, 3.8) is 0 Å². The van der Waals surface area contributed by atoms with E-state index in [1.165, 1.54) is 0 Å². The third-order valence-corrected chi connectivity index (χ3v) is 4.50. The number of amides is 1. The zero-order valence-corrected chi connectivity index (χ0v) is 15.2. The highest BCUT2D eigenvalue weighted by molar-refractivity contribution is 9.11. The smallest absolute Gasteiger partial charge is 0.251 e. The summed E-state index contributed by atoms with van der Waals surface area (Å²) in [6.45, 7) is 0.535. The fourth-order valence-electron chi connectivity index (χ4n) is 1.75. The number of carbonyl (C=O) groups is 1. The number of nitrogens with one attached hydrogen (secondary N) is 1. The van der Waals surface area contributed by atoms with E-state index in [4.69, 9.17) is 0 Å². The SMILES string of the molecule is O=C(NCC(Br)c1ccccc1)c1cc(Br)cc(Br)c1. The minimum Gasteiger partial charge on any atom is -0.351 e. The Morgan fingerprint density at radius 3 is 2.25 bits per heavy atom. The first-order chi connectivity index (χ1) is 9.56. The van der Waals surface area contributed by atoms with Crippen molar-refractivity contribution in [1.29, 1.82) is 0 Å². The van der Waals surface area contributed by atoms with Gasteiger partial charge >= 0.3 is 0 Å². The molecule has 0 saturated carbocycles. The van der Waals surface area contributed by atoms with Crippen molar-refractivity contribution >= 4 is 53.7 Å². The lowest BCUT2D eigenvalue weighted by Crippen LogP contribution is -2.26. The average Bonchev–Trinajstić information content (AvgIpc) is 2.44. The molecule has 0 radical (unpaired) electrons. The third kappa shape index (κ3) is 4.43. The van der Waals surface area contributed by atoms with E-state index in [0.29, 0.717) is 12.1 Å². The van der Waals surface area contributed by atoms with Crippen molar-refractivity contribution in [2.45, 2.75) is 4.83 Å². The second kappa shape index (κ2) is 7.38. The van der Waals surface area contributed by atoms with Gasteiger partial charge in [0, 0.05) is 21.1 Å². The molecule has 0 aliphatic heterocycles. The van der Waals surface area contributed by atoms with Crippen LogP contribution in [-0.4, -0.2) is 12.5 Å². The first-order valence-electron chi connectivity index (χ1n) is 5.99. The summed E-state index contributed by atoms with van der Waals surface area (Å²) < 4.78 is 1.74. The molecular formula is C15H12Br3NO. The Balaban J connectivity index is 1.98. The number of carbonyl (C=O) groups excluding carboxylic acids is 1. The van der Waals surface area contributed by atoms with Gasteiger partial charge in [-0.1, -0.05) is 78.1 Å². The molecule has 2 aromatic carbocycles. The lowest BCUT2D eigenvalue weighted by Gasteiger charge is -2.12. The van der Waals surface area contributed by atoms with Crippen LogP contribution in [0.2, 0.25) is 0 Å². The van der Waals surface area contributed by atoms with E-state index < -0.39 is 0 Å². The minimum atomic E-state index is -0.0904. The van der Waals surface area contributed by atoms with Crippen LogP contribution in [0.15, 0.2) is 57.5 Å². The molecule has 0 saturated heterocycles. The van der Waals surface area contributed by atoms with Crippen molar-refractivity contribution in [2.24, 2.45) is 0 Å². The fraction of sp³-hybridized carbons (Fsp3) is 0.133. The van der Waals surface area contributed by atoms with Crippen LogP contribution in [0.4, 0.5) is 0 Å². The Bertz CT molecular complexity index is 581. The predicted molar refractivity (Wildman–Crippen MR) is 92.3 cm³/mol. The Labute approximate surface area is 143 Å². The number of rotatable bonds is 4. The van der Waals surface area contributed by atoms with Crippen LogP contribution in [-0.2, 0) is 0 Å². The Hall–Kier alpha value is -0.650. The van der Waals surface area contributed by atoms with Gasteiger partial charge in [-0.05, 0) is 23.8 Å². The summed E-state index contributed by atoms with van der Waals surface area (Å²) in [7, 11) is 0. The molecular weight excluding hydrogens is 450 g/mol. The number of halogens is 3. The third-order valence-electron chi connectivity index (χ3n) is 2.73. The molecule has 0 aliphatic carbocycles. The molecule has 0 aromatic heterocycles. The van der Waals surface area contributed by atoms with Gasteiger partial charge in [0.15, 0.2) is 0 Å². The van der Waals surface area contributed by atoms with Crippen LogP contribution < -0.4 is 5.32 Å². The number of benzene rings is 2. The highest BCUT2D eigenvalue weighted by Gasteiger charge is 2.11. The van der Waals surface area contributed by atoms with E-state index in [9.17, 15) is 4.79 Å². The largest absolute Gasteiger partial charge is 0.351 e. The van der Waals surface area contributed by atoms with Gasteiger partial charge in [0.2, 0.25) is 0 Å². The summed E-state index contributed by atoms with van der Waals surface area (Å²) in [6, 6.07) is 15.5. The van der Waals surface area contributed by atoms with Crippen LogP contribution >= 0.6 is 47.8 Å². The molecule has 5 heteroatoms. The van der Waals surface area contributed by atoms with E-state index in [2.05, 4.69) is 53.1 Å². The Morgan fingerprint density at radius 2 is 1.65 bits per heavy atom. The summed E-state index contributed by atoms with van der Waals surface area (Å²) in [4.78, 5) is 12.2. The Morgan fingerprint density at radius 1 is 1.05 bits per heavy atom. The highest BCUT2D eigenvalue weighted by Crippen LogP contribution is 2.22. The normalized spacial score (nSPS) is 11.9. The van der Waals surface area contributed by atoms with Crippen molar-refractivity contribution in [3.05, 3.63) is 68.6 Å². The molecule has 1 unspecified atom stereocenters. The zero-order chi connectivity index (χ0) is 14.5. The average molecular weight is 462 g/mol. The number of hydrogen-bond acceptors (Lipinski definition) is 1. The lowest BCUT2D eigenvalue weighted by molar-refractivity contribution is 0.0954. The fourth-order valence-corrected chi connectivity index (χ4v) is 3.51. The van der Waals surface area contributed by atoms with Crippen molar-refractivity contribution in [3.8, 4) is 0 Å². The maximum absolute atomic E-state index is 12.1. The lowest BCUT2D eigenvalue weighted by atomic mass is 10.1. The molecule has 0 aliphatic rings. The maximum Gasteiger partial charge on any atom is 0.251 e. The molecule has 0 bridgehead atoms. The standard InChI is InChI=1S/C15H12Br3NO/c16-12-6-11(7-13(17)8-12)15(20)19-9-14(18)10-4-2-1-3-5-10/h1-8,14H,9H2,(H,19,20). The summed E-state index contributed by atoms with van der Waals surface area (Å²) in [6.07, 6.45) is 0. The van der Waals surface area contributed by atoms with E-state index in [0.717, 1.165) is 14.5 Å². The second-order valence-electron chi connectivity index (χ2n) is 4.25. The molecule has 104 valence electrons. The quantitative estimate of drug-likeness (QED) is 0.632. The van der Waals surface area contributed by atoms with Crippen LogP contribution in [0.1, 0.15) is 20.7 Å². The van der Waals surface area contributed by atoms with Crippen LogP contribution in [0.5, 0.6) is 0 Å². The maximum atomic E-state index is 12.1. The van der Waals surface area contributed by atoms with Crippen molar-refractivity contribution in [2.75, 3.05) is 6.54 Å². The van der Waals surface area contributed by atoms with Gasteiger partial charge in [0.25, 0.3) is 5.91 Å². The van der Waals surface area contributed by atoms with E-state index >= 15 is 0 Å². The molecule has 2 rings (SSSR count). The van der Waals surface area contributed by atoms with Gasteiger partial charge in [0.05, 0.1) is 4.83 Å². The molecule has 1 N–H and O–H groups in total. The van der Waals surface area contributed by atoms with Gasteiger partial charge < -0.3 is 5.32 Å². The number of hydrogen-bond donors (Lipinski definition) is 1. The topological polar surface area (TPSA) is 29.1 Å². The van der Waals surface area contributed by atoms with E-state index in [-0.39, 0.29) is 10.7 Å². The van der Waals surface area contributed by atoms with E-state index in [1.807, 2.05) is 36.4 Å². The van der Waals surface area contributed by atoms with Gasteiger partial charge in [-0.3, -0.25) is 4.79 Å². The van der Waals surface area contributed by atoms with Crippen LogP contribution in [0.3, 0.4) is 0 Å². The van der Waals surface area contributed by atoms with Gasteiger partial charge in [-0.2, -0.15) is 0 Å². The summed E-state index contributed by atoms with van der Waals surface area (Å²) in [5.41, 5.74) is 1.77. The molecule has 1 atom stereocenters. The van der Waals surface area contributed by atoms with Gasteiger partial charge in [-0.25, -0.2) is 0 Å². The minimum absolute atomic E-state index is 0.0904. The zero-order valence-electron chi connectivity index (χ0n) is 10.4. The second-order valence-corrected chi connectivity index (χ2v) is 7.18. The summed E-state index contributed by atoms with van der Waals surface area (Å²) in [5.74, 6) is -0.0904. The van der Waals surface area contributed by atoms with Gasteiger partial charge in [-0.15, -0.1) is 0 Å². The first-order valence-corrected chi connectivity index (χ1v) is 8.50. The van der Waals surface area contributed by atoms with Crippen LogP contribution in [0, 0.1) is 0 Å². The molecule has 0 heterocycles. The van der Waals surface area contributed by atoms with Gasteiger partial charge in [0.1, 0.15) is 0 Å². The molecule has 20 heavy (non-hydrogen) atoms. The molecule has 1 amide bonds. The molecule has 0 fully saturated rings. The monoisotopic (exact) mass is 459 g/mol. The first kappa shape index (κ1) is 15.7. The van der Waals surface area contributed by atoms with Crippen LogP contribution in [0.25, 0.3) is 0 Å². The van der Waals surface area contributed by atoms with E-state index in [1.54, 1.807) is 12.1 Å². The van der Waals surface area contributed by atoms with Crippen molar-refractivity contribution in [1.82, 2.24) is 5.32 Å². The van der Waals surface area contributed by atoms with Crippen molar-refractivity contribution < 1.29 is 4.79 Å². The summed E-state index contributed by atoms with van der Waals surface area (Å²) >= 11 is 10.3. The molecule has 2 aromatic rings. The highest BCUT2D eigenvalue weighted by atomic mass is 79.9. The predicted octanol–water partition coefficient (Wildman–Crippen LogP) is 5.08. The number of alkyl halides is 1. The summed E-state index contributed by atoms with van der Waals surface area (Å²) in [5, 5.41) is 2.92.